The van der Waals surface area contributed by atoms with E-state index in [1.54, 1.807) is 7.11 Å². The van der Waals surface area contributed by atoms with Gasteiger partial charge in [0.2, 0.25) is 5.91 Å². The molecular formula is C18H33N3O5. The molecule has 1 saturated heterocycles. The Morgan fingerprint density at radius 2 is 1.88 bits per heavy atom. The summed E-state index contributed by atoms with van der Waals surface area (Å²) in [6, 6.07) is -0.194. The zero-order chi connectivity index (χ0) is 18.8. The lowest BCUT2D eigenvalue weighted by molar-refractivity contribution is -0.130. The number of amides is 3. The number of hydrogen-bond donors (Lipinski definition) is 4. The van der Waals surface area contributed by atoms with Crippen LogP contribution in [-0.2, 0) is 14.3 Å². The molecule has 2 aliphatic rings. The van der Waals surface area contributed by atoms with Crippen LogP contribution in [0.2, 0.25) is 0 Å². The van der Waals surface area contributed by atoms with Crippen molar-refractivity contribution in [2.75, 3.05) is 26.9 Å². The van der Waals surface area contributed by atoms with Crippen molar-refractivity contribution in [3.63, 3.8) is 0 Å². The molecule has 4 N–H and O–H groups in total. The minimum atomic E-state index is -0.488. The van der Waals surface area contributed by atoms with Crippen molar-refractivity contribution >= 4 is 11.9 Å². The second-order valence-electron chi connectivity index (χ2n) is 7.16. The number of aliphatic hydroxyl groups is 1. The van der Waals surface area contributed by atoms with Gasteiger partial charge in [-0.1, -0.05) is 19.3 Å². The van der Waals surface area contributed by atoms with Crippen LogP contribution in [0.15, 0.2) is 0 Å². The first-order valence-corrected chi connectivity index (χ1v) is 9.71. The maximum absolute atomic E-state index is 12.2. The fourth-order valence-corrected chi connectivity index (χ4v) is 3.66. The molecule has 2 fully saturated rings. The summed E-state index contributed by atoms with van der Waals surface area (Å²) < 4.78 is 10.7. The van der Waals surface area contributed by atoms with Gasteiger partial charge in [-0.05, 0) is 25.7 Å². The Kier molecular flexibility index (Phi) is 9.14. The third-order valence-electron chi connectivity index (χ3n) is 5.09. The Morgan fingerprint density at radius 3 is 2.58 bits per heavy atom. The molecule has 1 saturated carbocycles. The maximum atomic E-state index is 12.2. The van der Waals surface area contributed by atoms with Crippen LogP contribution in [0.4, 0.5) is 4.79 Å². The van der Waals surface area contributed by atoms with Crippen LogP contribution in [0, 0.1) is 0 Å². The number of ether oxygens (including phenoxy) is 2. The molecule has 8 heteroatoms. The fraction of sp³-hybridized carbons (Fsp3) is 0.889. The highest BCUT2D eigenvalue weighted by Gasteiger charge is 2.33. The summed E-state index contributed by atoms with van der Waals surface area (Å²) in [5.74, 6) is -0.0924. The highest BCUT2D eigenvalue weighted by molar-refractivity contribution is 5.76. The minimum absolute atomic E-state index is 0.0924. The minimum Gasteiger partial charge on any atom is -0.394 e. The Labute approximate surface area is 155 Å². The number of carbonyl (C=O) groups is 2. The van der Waals surface area contributed by atoms with Crippen molar-refractivity contribution in [1.29, 1.82) is 0 Å². The third-order valence-corrected chi connectivity index (χ3v) is 5.09. The van der Waals surface area contributed by atoms with E-state index in [0.29, 0.717) is 26.0 Å². The van der Waals surface area contributed by atoms with E-state index in [0.717, 1.165) is 25.7 Å². The average Bonchev–Trinajstić information content (AvgIpc) is 2.64. The molecule has 26 heavy (non-hydrogen) atoms. The average molecular weight is 371 g/mol. The van der Waals surface area contributed by atoms with Crippen LogP contribution in [0.1, 0.15) is 51.4 Å². The molecule has 1 aliphatic heterocycles. The standard InChI is InChI=1S/C18H33N3O5/c1-25-10-9-19-17(23)11-14-7-8-15(16(12-22)26-14)21-18(24)20-13-5-3-2-4-6-13/h13-16,22H,2-12H2,1H3,(H,19,23)(H2,20,21,24)/t14-,15-,16-/m0/s1. The van der Waals surface area contributed by atoms with Gasteiger partial charge in [-0.2, -0.15) is 0 Å². The number of rotatable bonds is 8. The molecule has 0 unspecified atom stereocenters. The Bertz CT molecular complexity index is 443. The summed E-state index contributed by atoms with van der Waals surface area (Å²) in [7, 11) is 1.58. The van der Waals surface area contributed by atoms with Crippen molar-refractivity contribution in [1.82, 2.24) is 16.0 Å². The fourth-order valence-electron chi connectivity index (χ4n) is 3.66. The number of nitrogens with one attached hydrogen (secondary N) is 3. The molecule has 8 nitrogen and oxygen atoms in total. The van der Waals surface area contributed by atoms with Gasteiger partial charge in [0.1, 0.15) is 6.10 Å². The predicted octanol–water partition coefficient (Wildman–Crippen LogP) is 0.680. The monoisotopic (exact) mass is 371 g/mol. The normalized spacial score (nSPS) is 26.9. The quantitative estimate of drug-likeness (QED) is 0.469. The summed E-state index contributed by atoms with van der Waals surface area (Å²) in [5, 5.41) is 18.3. The first-order chi connectivity index (χ1) is 12.6. The van der Waals surface area contributed by atoms with Gasteiger partial charge in [0.25, 0.3) is 0 Å². The number of hydrogen-bond acceptors (Lipinski definition) is 5. The topological polar surface area (TPSA) is 109 Å². The van der Waals surface area contributed by atoms with Crippen LogP contribution in [0.5, 0.6) is 0 Å². The number of carbonyl (C=O) groups excluding carboxylic acids is 2. The molecule has 0 aromatic rings. The molecular weight excluding hydrogens is 338 g/mol. The van der Waals surface area contributed by atoms with E-state index < -0.39 is 6.10 Å². The Hall–Kier alpha value is -1.38. The van der Waals surface area contributed by atoms with E-state index in [2.05, 4.69) is 16.0 Å². The van der Waals surface area contributed by atoms with Gasteiger partial charge in [-0.3, -0.25) is 4.79 Å². The van der Waals surface area contributed by atoms with E-state index in [1.165, 1.54) is 6.42 Å². The van der Waals surface area contributed by atoms with Gasteiger partial charge in [-0.25, -0.2) is 4.79 Å². The third kappa shape index (κ3) is 7.09. The van der Waals surface area contributed by atoms with E-state index in [4.69, 9.17) is 9.47 Å². The molecule has 1 aliphatic carbocycles. The number of aliphatic hydroxyl groups excluding tert-OH is 1. The van der Waals surface area contributed by atoms with Crippen LogP contribution >= 0.6 is 0 Å². The van der Waals surface area contributed by atoms with E-state index >= 15 is 0 Å². The summed E-state index contributed by atoms with van der Waals surface area (Å²) in [4.78, 5) is 24.1. The van der Waals surface area contributed by atoms with E-state index in [9.17, 15) is 14.7 Å². The van der Waals surface area contributed by atoms with Gasteiger partial charge in [0.15, 0.2) is 0 Å². The predicted molar refractivity (Wildman–Crippen MR) is 96.8 cm³/mol. The molecule has 0 spiro atoms. The van der Waals surface area contributed by atoms with Gasteiger partial charge in [0.05, 0.1) is 31.8 Å². The highest BCUT2D eigenvalue weighted by Crippen LogP contribution is 2.22. The van der Waals surface area contributed by atoms with Crippen molar-refractivity contribution in [3.05, 3.63) is 0 Å². The summed E-state index contributed by atoms with van der Waals surface area (Å²) >= 11 is 0. The Morgan fingerprint density at radius 1 is 1.12 bits per heavy atom. The maximum Gasteiger partial charge on any atom is 0.315 e. The second-order valence-corrected chi connectivity index (χ2v) is 7.16. The lowest BCUT2D eigenvalue weighted by atomic mass is 9.95. The zero-order valence-electron chi connectivity index (χ0n) is 15.7. The summed E-state index contributed by atoms with van der Waals surface area (Å²) in [6.07, 6.45) is 6.48. The van der Waals surface area contributed by atoms with Gasteiger partial charge in [-0.15, -0.1) is 0 Å². The van der Waals surface area contributed by atoms with Gasteiger partial charge >= 0.3 is 6.03 Å². The van der Waals surface area contributed by atoms with Crippen molar-refractivity contribution < 1.29 is 24.2 Å². The number of methoxy groups -OCH3 is 1. The van der Waals surface area contributed by atoms with Crippen LogP contribution < -0.4 is 16.0 Å². The summed E-state index contributed by atoms with van der Waals surface area (Å²) in [5.41, 5.74) is 0. The van der Waals surface area contributed by atoms with Crippen LogP contribution in [-0.4, -0.2) is 68.2 Å². The first kappa shape index (κ1) is 20.9. The zero-order valence-corrected chi connectivity index (χ0v) is 15.7. The molecule has 0 bridgehead atoms. The molecule has 0 radical (unpaired) electrons. The van der Waals surface area contributed by atoms with Crippen molar-refractivity contribution in [2.24, 2.45) is 0 Å². The van der Waals surface area contributed by atoms with E-state index in [1.807, 2.05) is 0 Å². The summed E-state index contributed by atoms with van der Waals surface area (Å²) in [6.45, 7) is 0.756. The lowest BCUT2D eigenvalue weighted by Crippen LogP contribution is -2.55. The molecule has 0 aromatic carbocycles. The van der Waals surface area contributed by atoms with Crippen LogP contribution in [0.3, 0.4) is 0 Å². The SMILES string of the molecule is COCCNC(=O)C[C@@H]1CC[C@H](NC(=O)NC2CCCCC2)[C@H](CO)O1. The van der Waals surface area contributed by atoms with Crippen molar-refractivity contribution in [3.8, 4) is 0 Å². The smallest absolute Gasteiger partial charge is 0.315 e. The first-order valence-electron chi connectivity index (χ1n) is 9.71. The molecule has 3 atom stereocenters. The second kappa shape index (κ2) is 11.4. The molecule has 2 rings (SSSR count). The molecule has 150 valence electrons. The molecule has 0 aromatic heterocycles. The van der Waals surface area contributed by atoms with Crippen molar-refractivity contribution in [2.45, 2.75) is 75.7 Å². The molecule has 1 heterocycles. The Balaban J connectivity index is 1.72. The van der Waals surface area contributed by atoms with Crippen LogP contribution in [0.25, 0.3) is 0 Å². The number of urea groups is 1. The lowest BCUT2D eigenvalue weighted by Gasteiger charge is -2.36. The van der Waals surface area contributed by atoms with Gasteiger partial charge < -0.3 is 30.5 Å². The molecule has 3 amide bonds. The van der Waals surface area contributed by atoms with E-state index in [-0.39, 0.29) is 43.2 Å². The van der Waals surface area contributed by atoms with Gasteiger partial charge in [0, 0.05) is 19.7 Å². The largest absolute Gasteiger partial charge is 0.394 e. The highest BCUT2D eigenvalue weighted by atomic mass is 16.5.